The van der Waals surface area contributed by atoms with E-state index < -0.39 is 23.7 Å². The quantitative estimate of drug-likeness (QED) is 0.413. The molecule has 1 unspecified atom stereocenters. The highest BCUT2D eigenvalue weighted by molar-refractivity contribution is 6.07. The van der Waals surface area contributed by atoms with Crippen LogP contribution in [0.1, 0.15) is 34.2 Å². The summed E-state index contributed by atoms with van der Waals surface area (Å²) in [4.78, 5) is 43.6. The van der Waals surface area contributed by atoms with Crippen LogP contribution in [0.5, 0.6) is 0 Å². The van der Waals surface area contributed by atoms with Gasteiger partial charge in [-0.2, -0.15) is 13.2 Å². The van der Waals surface area contributed by atoms with Crippen molar-refractivity contribution in [2.24, 2.45) is 0 Å². The molecule has 220 valence electrons. The van der Waals surface area contributed by atoms with Crippen molar-refractivity contribution in [3.8, 4) is 0 Å². The largest absolute Gasteiger partial charge is 0.418 e. The molecule has 1 heterocycles. The van der Waals surface area contributed by atoms with E-state index in [-0.39, 0.29) is 18.0 Å². The first kappa shape index (κ1) is 34.6. The van der Waals surface area contributed by atoms with Crippen LogP contribution >= 0.6 is 0 Å². The molecule has 0 aromatic heterocycles. The number of fused-ring (bicyclic) bond motifs is 1. The molecule has 3 aromatic rings. The fourth-order valence-electron chi connectivity index (χ4n) is 4.37. The minimum atomic E-state index is -4.58. The van der Waals surface area contributed by atoms with Gasteiger partial charge in [0.25, 0.3) is 0 Å². The third-order valence-electron chi connectivity index (χ3n) is 6.70. The molecule has 3 aromatic carbocycles. The Morgan fingerprint density at radius 3 is 2.00 bits per heavy atom. The second kappa shape index (κ2) is 15.4. The van der Waals surface area contributed by atoms with Crippen molar-refractivity contribution in [3.05, 3.63) is 88.5 Å². The van der Waals surface area contributed by atoms with Crippen LogP contribution in [0.3, 0.4) is 0 Å². The van der Waals surface area contributed by atoms with Crippen molar-refractivity contribution in [1.29, 1.82) is 0 Å². The first-order valence-electron chi connectivity index (χ1n) is 12.5. The van der Waals surface area contributed by atoms with E-state index in [2.05, 4.69) is 45.1 Å². The van der Waals surface area contributed by atoms with Gasteiger partial charge in [-0.15, -0.1) is 0 Å². The molecule has 0 aliphatic carbocycles. The summed E-state index contributed by atoms with van der Waals surface area (Å²) >= 11 is 0. The van der Waals surface area contributed by atoms with Crippen molar-refractivity contribution >= 4 is 42.5 Å². The smallest absolute Gasteiger partial charge is 0.361 e. The Morgan fingerprint density at radius 1 is 0.927 bits per heavy atom. The van der Waals surface area contributed by atoms with Gasteiger partial charge in [0.15, 0.2) is 0 Å². The number of para-hydroxylation sites is 3. The van der Waals surface area contributed by atoms with Crippen molar-refractivity contribution in [1.82, 2.24) is 0 Å². The normalized spacial score (nSPS) is 13.5. The Bertz CT molecular complexity index is 1320. The Morgan fingerprint density at radius 2 is 1.44 bits per heavy atom. The Labute approximate surface area is 239 Å². The van der Waals surface area contributed by atoms with Crippen LogP contribution in [0, 0.1) is 27.7 Å². The molecule has 2 amide bonds. The maximum Gasteiger partial charge on any atom is 0.418 e. The maximum atomic E-state index is 13.2. The zero-order chi connectivity index (χ0) is 31.5. The number of carbonyl (C=O) groups is 4. The molecule has 1 aliphatic rings. The SMILES string of the molecule is C=O.C=O.CN(C(=O)CC1C(=O)Nc2ccccc2N1C)c1ccccc1C(F)(F)F.Cc1cc(C)c(C)c(C)c1. The van der Waals surface area contributed by atoms with Gasteiger partial charge in [0.2, 0.25) is 11.8 Å². The highest BCUT2D eigenvalue weighted by Crippen LogP contribution is 2.37. The third kappa shape index (κ3) is 8.76. The van der Waals surface area contributed by atoms with Gasteiger partial charge in [0.05, 0.1) is 29.0 Å². The fraction of sp³-hybridized carbons (Fsp3) is 0.290. The van der Waals surface area contributed by atoms with Crippen molar-refractivity contribution < 1.29 is 32.3 Å². The number of benzene rings is 3. The van der Waals surface area contributed by atoms with Crippen LogP contribution in [0.2, 0.25) is 0 Å². The van der Waals surface area contributed by atoms with Crippen molar-refractivity contribution in [2.75, 3.05) is 29.2 Å². The zero-order valence-electron chi connectivity index (χ0n) is 24.1. The van der Waals surface area contributed by atoms with Crippen LogP contribution in [0.15, 0.2) is 60.7 Å². The highest BCUT2D eigenvalue weighted by Gasteiger charge is 2.37. The second-order valence-electron chi connectivity index (χ2n) is 9.33. The predicted molar refractivity (Wildman–Crippen MR) is 156 cm³/mol. The van der Waals surface area contributed by atoms with Gasteiger partial charge in [-0.1, -0.05) is 42.0 Å². The van der Waals surface area contributed by atoms with E-state index in [0.717, 1.165) is 16.7 Å². The predicted octanol–water partition coefficient (Wildman–Crippen LogP) is 6.07. The van der Waals surface area contributed by atoms with Gasteiger partial charge >= 0.3 is 6.18 Å². The third-order valence-corrected chi connectivity index (χ3v) is 6.70. The minimum Gasteiger partial charge on any atom is -0.361 e. The lowest BCUT2D eigenvalue weighted by molar-refractivity contribution is -0.137. The number of nitrogens with zero attached hydrogens (tertiary/aromatic N) is 2. The molecule has 0 radical (unpaired) electrons. The van der Waals surface area contributed by atoms with Crippen LogP contribution in [0.25, 0.3) is 0 Å². The molecule has 0 fully saturated rings. The van der Waals surface area contributed by atoms with Gasteiger partial charge in [-0.3, -0.25) is 9.59 Å². The number of hydrogen-bond acceptors (Lipinski definition) is 5. The van der Waals surface area contributed by atoms with E-state index >= 15 is 0 Å². The summed E-state index contributed by atoms with van der Waals surface area (Å²) in [7, 11) is 2.96. The molecule has 10 heteroatoms. The van der Waals surface area contributed by atoms with Gasteiger partial charge < -0.3 is 24.7 Å². The number of hydrogen-bond donors (Lipinski definition) is 1. The number of amides is 2. The van der Waals surface area contributed by atoms with Crippen LogP contribution in [-0.2, 0) is 25.4 Å². The Kier molecular flexibility index (Phi) is 12.9. The van der Waals surface area contributed by atoms with E-state index in [1.165, 1.54) is 47.5 Å². The monoisotopic (exact) mass is 571 g/mol. The topological polar surface area (TPSA) is 86.8 Å². The minimum absolute atomic E-state index is 0.241. The molecule has 0 saturated heterocycles. The van der Waals surface area contributed by atoms with Gasteiger partial charge in [-0.05, 0) is 68.7 Å². The summed E-state index contributed by atoms with van der Waals surface area (Å²) in [6, 6.07) is 15.6. The molecular formula is C31H36F3N3O4. The number of carbonyl (C=O) groups excluding carboxylic acids is 4. The van der Waals surface area contributed by atoms with Crippen LogP contribution < -0.4 is 15.1 Å². The first-order chi connectivity index (χ1) is 19.3. The molecule has 0 saturated carbocycles. The summed E-state index contributed by atoms with van der Waals surface area (Å²) in [5.74, 6) is -0.958. The van der Waals surface area contributed by atoms with Gasteiger partial charge in [0.1, 0.15) is 19.6 Å². The molecule has 0 bridgehead atoms. The molecule has 4 rings (SSSR count). The molecule has 41 heavy (non-hydrogen) atoms. The number of alkyl halides is 3. The molecule has 1 aliphatic heterocycles. The number of halogens is 3. The van der Waals surface area contributed by atoms with Gasteiger partial charge in [0, 0.05) is 14.1 Å². The number of anilines is 3. The summed E-state index contributed by atoms with van der Waals surface area (Å²) in [6.45, 7) is 12.6. The average molecular weight is 572 g/mol. The lowest BCUT2D eigenvalue weighted by atomic mass is 10.0. The summed E-state index contributed by atoms with van der Waals surface area (Å²) < 4.78 is 39.6. The standard InChI is InChI=1S/C19H18F3N3O2.C10H14.2CH2O/c1-24-15-10-6-4-8-13(15)23-18(27)16(24)11-17(26)25(2)14-9-5-3-7-12(14)19(20,21)22;1-7-5-8(2)10(4)9(3)6-7;2*1-2/h3-10,16H,11H2,1-2H3,(H,23,27);5-6H,1-4H3;2*1H2. The highest BCUT2D eigenvalue weighted by atomic mass is 19.4. The Hall–Kier alpha value is -4.47. The summed E-state index contributed by atoms with van der Waals surface area (Å²) in [6.07, 6.45) is -4.83. The Balaban J connectivity index is 0.000000501. The zero-order valence-corrected chi connectivity index (χ0v) is 24.1. The van der Waals surface area contributed by atoms with Crippen molar-refractivity contribution in [3.63, 3.8) is 0 Å². The molecule has 0 spiro atoms. The first-order valence-corrected chi connectivity index (χ1v) is 12.5. The fourth-order valence-corrected chi connectivity index (χ4v) is 4.37. The summed E-state index contributed by atoms with van der Waals surface area (Å²) in [5, 5.41) is 2.73. The van der Waals surface area contributed by atoms with E-state index in [9.17, 15) is 22.8 Å². The van der Waals surface area contributed by atoms with E-state index in [4.69, 9.17) is 9.59 Å². The van der Waals surface area contributed by atoms with Crippen LogP contribution in [-0.4, -0.2) is 45.5 Å². The van der Waals surface area contributed by atoms with E-state index in [0.29, 0.717) is 5.69 Å². The van der Waals surface area contributed by atoms with Gasteiger partial charge in [-0.25, -0.2) is 0 Å². The summed E-state index contributed by atoms with van der Waals surface area (Å²) in [5.41, 5.74) is 5.82. The number of rotatable bonds is 3. The lowest BCUT2D eigenvalue weighted by Crippen LogP contribution is -2.48. The number of likely N-dealkylation sites (N-methyl/N-ethyl adjacent to an activating group) is 1. The van der Waals surface area contributed by atoms with Crippen molar-refractivity contribution in [2.45, 2.75) is 46.3 Å². The molecular weight excluding hydrogens is 535 g/mol. The van der Waals surface area contributed by atoms with E-state index in [1.54, 1.807) is 36.2 Å². The molecule has 7 nitrogen and oxygen atoms in total. The van der Waals surface area contributed by atoms with E-state index in [1.807, 2.05) is 13.6 Å². The number of aryl methyl sites for hydroxylation is 3. The second-order valence-corrected chi connectivity index (χ2v) is 9.33. The average Bonchev–Trinajstić information content (AvgIpc) is 2.95. The molecule has 1 atom stereocenters. The maximum absolute atomic E-state index is 13.2. The molecule has 1 N–H and O–H groups in total. The van der Waals surface area contributed by atoms with Crippen LogP contribution in [0.4, 0.5) is 30.2 Å². The lowest BCUT2D eigenvalue weighted by Gasteiger charge is -2.35. The number of nitrogens with one attached hydrogen (secondary N) is 1.